The van der Waals surface area contributed by atoms with Crippen molar-refractivity contribution < 1.29 is 14.3 Å². The Labute approximate surface area is 184 Å². The van der Waals surface area contributed by atoms with Gasteiger partial charge in [0.05, 0.1) is 11.3 Å². The fraction of sp³-hybridized carbons (Fsp3) is 0.0435. The summed E-state index contributed by atoms with van der Waals surface area (Å²) in [5.74, 6) is -0.936. The molecule has 4 nitrogen and oxygen atoms in total. The van der Waals surface area contributed by atoms with Gasteiger partial charge >= 0.3 is 5.97 Å². The third-order valence-corrected chi connectivity index (χ3v) is 5.66. The molecule has 0 aliphatic rings. The SMILES string of the molecule is O=C(COC(=O)c1c2ccccc2cc2ccccc12)Nc1ccc(Br)cc1Br. The van der Waals surface area contributed by atoms with Crippen LogP contribution in [0.2, 0.25) is 0 Å². The first-order valence-corrected chi connectivity index (χ1v) is 10.4. The molecule has 0 aromatic heterocycles. The standard InChI is InChI=1S/C23H15Br2NO3/c24-16-9-10-20(19(25)12-16)26-21(27)13-29-23(28)22-17-7-3-1-5-14(17)11-15-6-2-4-8-18(15)22/h1-12H,13H2,(H,26,27). The normalized spacial score (nSPS) is 10.8. The molecule has 144 valence electrons. The van der Waals surface area contributed by atoms with Gasteiger partial charge in [-0.05, 0) is 61.7 Å². The molecule has 0 spiro atoms. The van der Waals surface area contributed by atoms with E-state index in [2.05, 4.69) is 37.2 Å². The fourth-order valence-corrected chi connectivity index (χ4v) is 4.36. The van der Waals surface area contributed by atoms with Gasteiger partial charge in [-0.15, -0.1) is 0 Å². The second-order valence-corrected chi connectivity index (χ2v) is 8.21. The summed E-state index contributed by atoms with van der Waals surface area (Å²) >= 11 is 6.76. The first-order chi connectivity index (χ1) is 14.0. The molecular weight excluding hydrogens is 498 g/mol. The topological polar surface area (TPSA) is 55.4 Å². The van der Waals surface area contributed by atoms with Crippen molar-refractivity contribution in [3.05, 3.63) is 87.3 Å². The molecule has 0 radical (unpaired) electrons. The van der Waals surface area contributed by atoms with E-state index in [1.54, 1.807) is 6.07 Å². The molecule has 4 aromatic rings. The van der Waals surface area contributed by atoms with E-state index >= 15 is 0 Å². The van der Waals surface area contributed by atoms with Crippen molar-refractivity contribution in [2.75, 3.05) is 11.9 Å². The van der Waals surface area contributed by atoms with Crippen LogP contribution in [0.1, 0.15) is 10.4 Å². The number of anilines is 1. The van der Waals surface area contributed by atoms with Crippen LogP contribution in [0.3, 0.4) is 0 Å². The molecule has 4 aromatic carbocycles. The van der Waals surface area contributed by atoms with Gasteiger partial charge < -0.3 is 10.1 Å². The number of ether oxygens (including phenoxy) is 1. The highest BCUT2D eigenvalue weighted by molar-refractivity contribution is 9.11. The Balaban J connectivity index is 1.58. The van der Waals surface area contributed by atoms with Crippen LogP contribution in [0.25, 0.3) is 21.5 Å². The van der Waals surface area contributed by atoms with Gasteiger partial charge in [-0.25, -0.2) is 4.79 Å². The molecular formula is C23H15Br2NO3. The maximum Gasteiger partial charge on any atom is 0.339 e. The molecule has 1 N–H and O–H groups in total. The molecule has 0 heterocycles. The van der Waals surface area contributed by atoms with Crippen molar-refractivity contribution in [1.82, 2.24) is 0 Å². The number of rotatable bonds is 4. The predicted molar refractivity (Wildman–Crippen MR) is 122 cm³/mol. The Bertz CT molecular complexity index is 1200. The summed E-state index contributed by atoms with van der Waals surface area (Å²) in [5.41, 5.74) is 1.07. The predicted octanol–water partition coefficient (Wildman–Crippen LogP) is 6.31. The van der Waals surface area contributed by atoms with Crippen molar-refractivity contribution in [2.45, 2.75) is 0 Å². The Morgan fingerprint density at radius 3 is 2.07 bits per heavy atom. The van der Waals surface area contributed by atoms with Crippen LogP contribution in [-0.2, 0) is 9.53 Å². The monoisotopic (exact) mass is 511 g/mol. The van der Waals surface area contributed by atoms with Crippen molar-refractivity contribution in [2.24, 2.45) is 0 Å². The average Bonchev–Trinajstić information content (AvgIpc) is 2.72. The Morgan fingerprint density at radius 2 is 1.45 bits per heavy atom. The van der Waals surface area contributed by atoms with E-state index in [9.17, 15) is 9.59 Å². The molecule has 0 atom stereocenters. The van der Waals surface area contributed by atoms with E-state index in [0.29, 0.717) is 11.3 Å². The highest BCUT2D eigenvalue weighted by Gasteiger charge is 2.17. The molecule has 0 unspecified atom stereocenters. The molecule has 0 aliphatic heterocycles. The van der Waals surface area contributed by atoms with Crippen LogP contribution in [-0.4, -0.2) is 18.5 Å². The fourth-order valence-electron chi connectivity index (χ4n) is 3.21. The number of carbonyl (C=O) groups is 2. The van der Waals surface area contributed by atoms with Crippen LogP contribution in [0.5, 0.6) is 0 Å². The van der Waals surface area contributed by atoms with Crippen LogP contribution in [0.15, 0.2) is 81.7 Å². The number of benzene rings is 4. The number of hydrogen-bond acceptors (Lipinski definition) is 3. The van der Waals surface area contributed by atoms with E-state index in [1.165, 1.54) is 0 Å². The van der Waals surface area contributed by atoms with E-state index in [1.807, 2.05) is 66.7 Å². The number of carbonyl (C=O) groups excluding carboxylic acids is 2. The summed E-state index contributed by atoms with van der Waals surface area (Å²) in [6, 6.07) is 22.7. The van der Waals surface area contributed by atoms with E-state index < -0.39 is 11.9 Å². The quantitative estimate of drug-likeness (QED) is 0.257. The minimum Gasteiger partial charge on any atom is -0.452 e. The van der Waals surface area contributed by atoms with Gasteiger partial charge in [0.1, 0.15) is 0 Å². The third kappa shape index (κ3) is 4.18. The molecule has 6 heteroatoms. The summed E-state index contributed by atoms with van der Waals surface area (Å²) in [7, 11) is 0. The Morgan fingerprint density at radius 1 is 0.828 bits per heavy atom. The molecule has 0 fully saturated rings. The van der Waals surface area contributed by atoms with Crippen molar-refractivity contribution in [3.8, 4) is 0 Å². The highest BCUT2D eigenvalue weighted by atomic mass is 79.9. The maximum absolute atomic E-state index is 12.9. The molecule has 0 aliphatic carbocycles. The largest absolute Gasteiger partial charge is 0.452 e. The lowest BCUT2D eigenvalue weighted by Crippen LogP contribution is -2.21. The van der Waals surface area contributed by atoms with Crippen molar-refractivity contribution >= 4 is 71.0 Å². The van der Waals surface area contributed by atoms with Gasteiger partial charge in [0.2, 0.25) is 0 Å². The smallest absolute Gasteiger partial charge is 0.339 e. The van der Waals surface area contributed by atoms with Crippen LogP contribution < -0.4 is 5.32 Å². The van der Waals surface area contributed by atoms with Crippen molar-refractivity contribution in [3.63, 3.8) is 0 Å². The molecule has 4 rings (SSSR count). The van der Waals surface area contributed by atoms with Gasteiger partial charge in [0.15, 0.2) is 6.61 Å². The molecule has 29 heavy (non-hydrogen) atoms. The van der Waals surface area contributed by atoms with E-state index in [-0.39, 0.29) is 6.61 Å². The minimum atomic E-state index is -0.525. The summed E-state index contributed by atoms with van der Waals surface area (Å²) in [5, 5.41) is 6.22. The zero-order valence-electron chi connectivity index (χ0n) is 15.1. The van der Waals surface area contributed by atoms with Crippen LogP contribution >= 0.6 is 31.9 Å². The van der Waals surface area contributed by atoms with Gasteiger partial charge in [0, 0.05) is 8.95 Å². The number of amides is 1. The van der Waals surface area contributed by atoms with Crippen LogP contribution in [0.4, 0.5) is 5.69 Å². The van der Waals surface area contributed by atoms with Gasteiger partial charge in [-0.1, -0.05) is 64.5 Å². The molecule has 0 saturated heterocycles. The minimum absolute atomic E-state index is 0.376. The van der Waals surface area contributed by atoms with E-state index in [0.717, 1.165) is 30.5 Å². The number of hydrogen-bond donors (Lipinski definition) is 1. The van der Waals surface area contributed by atoms with Crippen molar-refractivity contribution in [1.29, 1.82) is 0 Å². The Kier molecular flexibility index (Phi) is 5.65. The maximum atomic E-state index is 12.9. The van der Waals surface area contributed by atoms with Gasteiger partial charge in [-0.3, -0.25) is 4.79 Å². The second-order valence-electron chi connectivity index (χ2n) is 6.44. The highest BCUT2D eigenvalue weighted by Crippen LogP contribution is 2.29. The first kappa shape index (κ1) is 19.6. The zero-order valence-corrected chi connectivity index (χ0v) is 18.3. The number of esters is 1. The summed E-state index contributed by atoms with van der Waals surface area (Å²) in [6.45, 7) is -0.376. The number of fused-ring (bicyclic) bond motifs is 2. The zero-order chi connectivity index (χ0) is 20.4. The molecule has 1 amide bonds. The summed E-state index contributed by atoms with van der Waals surface area (Å²) < 4.78 is 6.98. The van der Waals surface area contributed by atoms with Gasteiger partial charge in [-0.2, -0.15) is 0 Å². The Hall–Kier alpha value is -2.70. The lowest BCUT2D eigenvalue weighted by Gasteiger charge is -2.12. The molecule has 0 bridgehead atoms. The summed E-state index contributed by atoms with van der Waals surface area (Å²) in [6.07, 6.45) is 0. The number of nitrogens with one attached hydrogen (secondary N) is 1. The second kappa shape index (κ2) is 8.35. The van der Waals surface area contributed by atoms with Gasteiger partial charge in [0.25, 0.3) is 5.91 Å². The summed E-state index contributed by atoms with van der Waals surface area (Å²) in [4.78, 5) is 25.2. The average molecular weight is 513 g/mol. The lowest BCUT2D eigenvalue weighted by atomic mass is 9.97. The molecule has 0 saturated carbocycles. The van der Waals surface area contributed by atoms with Crippen LogP contribution in [0, 0.1) is 0 Å². The third-order valence-electron chi connectivity index (χ3n) is 4.51. The lowest BCUT2D eigenvalue weighted by molar-refractivity contribution is -0.119. The first-order valence-electron chi connectivity index (χ1n) is 8.85. The number of halogens is 2. The van der Waals surface area contributed by atoms with E-state index in [4.69, 9.17) is 4.74 Å².